The molecule has 3 nitrogen and oxygen atoms in total. The molecule has 2 saturated heterocycles. The molecule has 2 heterocycles. The summed E-state index contributed by atoms with van der Waals surface area (Å²) in [6.07, 6.45) is 7.71. The van der Waals surface area contributed by atoms with Crippen LogP contribution in [0.3, 0.4) is 0 Å². The normalized spacial score (nSPS) is 29.1. The lowest BCUT2D eigenvalue weighted by Gasteiger charge is -2.38. The topological polar surface area (TPSA) is 23.6 Å². The van der Waals surface area contributed by atoms with Gasteiger partial charge in [0.15, 0.2) is 5.78 Å². The van der Waals surface area contributed by atoms with Gasteiger partial charge in [0.2, 0.25) is 0 Å². The number of hydrogen-bond donors (Lipinski definition) is 1. The molecule has 1 saturated carbocycles. The second-order valence-electron chi connectivity index (χ2n) is 9.16. The van der Waals surface area contributed by atoms with Gasteiger partial charge in [0, 0.05) is 42.9 Å². The molecular weight excluding hydrogens is 383 g/mol. The molecule has 3 fully saturated rings. The number of carbonyl (C=O) groups excluding carboxylic acids is 1. The highest BCUT2D eigenvalue weighted by Gasteiger charge is 2.40. The van der Waals surface area contributed by atoms with Gasteiger partial charge in [0.25, 0.3) is 0 Å². The van der Waals surface area contributed by atoms with Crippen LogP contribution in [0.25, 0.3) is 0 Å². The SMILES string of the molecule is CC1CCCN(C/C=C2\CN(C(C(=O)C3CC3)c3ccccc3F)CCC2S)C1. The van der Waals surface area contributed by atoms with E-state index in [-0.39, 0.29) is 22.8 Å². The maximum absolute atomic E-state index is 14.6. The predicted octanol–water partition coefficient (Wildman–Crippen LogP) is 4.51. The third-order valence-corrected chi connectivity index (χ3v) is 7.26. The Morgan fingerprint density at radius 2 is 2.03 bits per heavy atom. The first-order valence-corrected chi connectivity index (χ1v) is 11.7. The molecule has 1 aromatic carbocycles. The molecule has 0 radical (unpaired) electrons. The zero-order valence-corrected chi connectivity index (χ0v) is 18.3. The molecule has 5 heteroatoms. The van der Waals surface area contributed by atoms with E-state index in [0.717, 1.165) is 51.4 Å². The molecule has 0 aromatic heterocycles. The highest BCUT2D eigenvalue weighted by atomic mass is 32.1. The Kier molecular flexibility index (Phi) is 6.77. The summed E-state index contributed by atoms with van der Waals surface area (Å²) in [6.45, 7) is 7.08. The first kappa shape index (κ1) is 21.1. The van der Waals surface area contributed by atoms with Crippen LogP contribution < -0.4 is 0 Å². The number of piperidine rings is 2. The van der Waals surface area contributed by atoms with Crippen molar-refractivity contribution in [2.45, 2.75) is 50.3 Å². The molecule has 2 aliphatic heterocycles. The first-order valence-electron chi connectivity index (χ1n) is 11.1. The Bertz CT molecular complexity index is 763. The van der Waals surface area contributed by atoms with Gasteiger partial charge in [-0.25, -0.2) is 4.39 Å². The Balaban J connectivity index is 1.51. The van der Waals surface area contributed by atoms with Gasteiger partial charge in [-0.2, -0.15) is 12.6 Å². The van der Waals surface area contributed by atoms with Crippen molar-refractivity contribution >= 4 is 18.4 Å². The molecule has 3 aliphatic rings. The lowest BCUT2D eigenvalue weighted by atomic mass is 9.93. The minimum atomic E-state index is -0.469. The van der Waals surface area contributed by atoms with Crippen LogP contribution in [0.1, 0.15) is 50.6 Å². The number of thiol groups is 1. The molecule has 1 aromatic rings. The summed E-state index contributed by atoms with van der Waals surface area (Å²) in [4.78, 5) is 17.8. The number of carbonyl (C=O) groups is 1. The number of hydrogen-bond acceptors (Lipinski definition) is 4. The number of Topliss-reactive ketones (excluding diaryl/α,β-unsaturated/α-hetero) is 1. The smallest absolute Gasteiger partial charge is 0.157 e. The highest BCUT2D eigenvalue weighted by Crippen LogP contribution is 2.39. The molecule has 1 aliphatic carbocycles. The van der Waals surface area contributed by atoms with Crippen LogP contribution in [0.5, 0.6) is 0 Å². The van der Waals surface area contributed by atoms with E-state index >= 15 is 0 Å². The van der Waals surface area contributed by atoms with Gasteiger partial charge in [0.05, 0.1) is 6.04 Å². The van der Waals surface area contributed by atoms with E-state index in [4.69, 9.17) is 12.6 Å². The van der Waals surface area contributed by atoms with Gasteiger partial charge in [-0.1, -0.05) is 31.2 Å². The van der Waals surface area contributed by atoms with Gasteiger partial charge >= 0.3 is 0 Å². The zero-order chi connectivity index (χ0) is 20.4. The van der Waals surface area contributed by atoms with Crippen molar-refractivity contribution in [3.8, 4) is 0 Å². The van der Waals surface area contributed by atoms with E-state index in [2.05, 4.69) is 22.8 Å². The maximum atomic E-state index is 14.6. The Morgan fingerprint density at radius 1 is 1.24 bits per heavy atom. The van der Waals surface area contributed by atoms with Crippen molar-refractivity contribution in [1.82, 2.24) is 9.80 Å². The summed E-state index contributed by atoms with van der Waals surface area (Å²) >= 11 is 4.82. The summed E-state index contributed by atoms with van der Waals surface area (Å²) in [6, 6.07) is 6.32. The minimum absolute atomic E-state index is 0.107. The van der Waals surface area contributed by atoms with E-state index in [1.54, 1.807) is 12.1 Å². The number of benzene rings is 1. The zero-order valence-electron chi connectivity index (χ0n) is 17.4. The van der Waals surface area contributed by atoms with Crippen LogP contribution in [0.15, 0.2) is 35.9 Å². The molecule has 0 bridgehead atoms. The number of halogens is 1. The number of ketones is 1. The number of rotatable bonds is 6. The fraction of sp³-hybridized carbons (Fsp3) is 0.625. The first-order chi connectivity index (χ1) is 14.0. The summed E-state index contributed by atoms with van der Waals surface area (Å²) in [5.41, 5.74) is 1.81. The second kappa shape index (κ2) is 9.32. The van der Waals surface area contributed by atoms with Crippen molar-refractivity contribution in [3.05, 3.63) is 47.3 Å². The predicted molar refractivity (Wildman–Crippen MR) is 119 cm³/mol. The monoisotopic (exact) mass is 416 g/mol. The van der Waals surface area contributed by atoms with E-state index in [1.807, 2.05) is 6.07 Å². The van der Waals surface area contributed by atoms with Gasteiger partial charge in [-0.05, 0) is 56.2 Å². The van der Waals surface area contributed by atoms with Crippen molar-refractivity contribution in [2.75, 3.05) is 32.7 Å². The Morgan fingerprint density at radius 3 is 2.76 bits per heavy atom. The number of nitrogens with zero attached hydrogens (tertiary/aromatic N) is 2. The van der Waals surface area contributed by atoms with E-state index in [0.29, 0.717) is 12.1 Å². The third kappa shape index (κ3) is 5.12. The van der Waals surface area contributed by atoms with Gasteiger partial charge in [-0.3, -0.25) is 14.6 Å². The largest absolute Gasteiger partial charge is 0.299 e. The van der Waals surface area contributed by atoms with Crippen LogP contribution in [-0.2, 0) is 4.79 Å². The molecule has 3 atom stereocenters. The van der Waals surface area contributed by atoms with Gasteiger partial charge in [-0.15, -0.1) is 0 Å². The number of likely N-dealkylation sites (tertiary alicyclic amines) is 2. The molecule has 158 valence electrons. The molecule has 0 spiro atoms. The Hall–Kier alpha value is -1.17. The summed E-state index contributed by atoms with van der Waals surface area (Å²) in [5.74, 6) is 0.790. The molecule has 4 rings (SSSR count). The summed E-state index contributed by atoms with van der Waals surface area (Å²) in [5, 5.41) is 0.228. The lowest BCUT2D eigenvalue weighted by Crippen LogP contribution is -2.43. The second-order valence-corrected chi connectivity index (χ2v) is 9.79. The van der Waals surface area contributed by atoms with Crippen molar-refractivity contribution in [1.29, 1.82) is 0 Å². The fourth-order valence-corrected chi connectivity index (χ4v) is 5.13. The molecule has 0 amide bonds. The van der Waals surface area contributed by atoms with E-state index in [9.17, 15) is 9.18 Å². The van der Waals surface area contributed by atoms with Crippen molar-refractivity contribution in [2.24, 2.45) is 11.8 Å². The Labute approximate surface area is 179 Å². The summed E-state index contributed by atoms with van der Waals surface area (Å²) in [7, 11) is 0. The van der Waals surface area contributed by atoms with Crippen molar-refractivity contribution in [3.63, 3.8) is 0 Å². The molecule has 29 heavy (non-hydrogen) atoms. The fourth-order valence-electron chi connectivity index (χ4n) is 4.83. The van der Waals surface area contributed by atoms with Crippen LogP contribution in [-0.4, -0.2) is 53.6 Å². The maximum Gasteiger partial charge on any atom is 0.157 e. The highest BCUT2D eigenvalue weighted by molar-refractivity contribution is 7.81. The standard InChI is InChI=1S/C24H33FN2OS/c1-17-5-4-12-26(15-17)13-10-19-16-27(14-11-22(19)29)23(24(28)18-8-9-18)20-6-2-3-7-21(20)25/h2-3,6-7,10,17-18,22-23,29H,4-5,8-9,11-16H2,1H3/b19-10+. The van der Waals surface area contributed by atoms with Crippen LogP contribution in [0.4, 0.5) is 4.39 Å². The molecular formula is C24H33FN2OS. The van der Waals surface area contributed by atoms with Crippen LogP contribution in [0, 0.1) is 17.7 Å². The molecule has 3 unspecified atom stereocenters. The van der Waals surface area contributed by atoms with Crippen LogP contribution in [0.2, 0.25) is 0 Å². The lowest BCUT2D eigenvalue weighted by molar-refractivity contribution is -0.126. The van der Waals surface area contributed by atoms with E-state index < -0.39 is 6.04 Å². The van der Waals surface area contributed by atoms with Gasteiger partial charge < -0.3 is 0 Å². The van der Waals surface area contributed by atoms with Crippen molar-refractivity contribution < 1.29 is 9.18 Å². The third-order valence-electron chi connectivity index (χ3n) is 6.67. The van der Waals surface area contributed by atoms with E-state index in [1.165, 1.54) is 24.5 Å². The average Bonchev–Trinajstić information content (AvgIpc) is 3.55. The molecule has 0 N–H and O–H groups in total. The van der Waals surface area contributed by atoms with Crippen LogP contribution >= 0.6 is 12.6 Å². The minimum Gasteiger partial charge on any atom is -0.299 e. The van der Waals surface area contributed by atoms with Gasteiger partial charge in [0.1, 0.15) is 5.82 Å². The summed E-state index contributed by atoms with van der Waals surface area (Å²) < 4.78 is 14.6. The average molecular weight is 417 g/mol. The quantitative estimate of drug-likeness (QED) is 0.545.